The Hall–Kier alpha value is -2.49. The molecule has 1 aliphatic carbocycles. The van der Waals surface area contributed by atoms with Crippen molar-refractivity contribution in [2.24, 2.45) is 0 Å². The quantitative estimate of drug-likeness (QED) is 0.545. The molecule has 1 saturated carbocycles. The fraction of sp³-hybridized carbons (Fsp3) is 0.409. The predicted molar refractivity (Wildman–Crippen MR) is 106 cm³/mol. The molecule has 1 aliphatic rings. The fourth-order valence-corrected chi connectivity index (χ4v) is 3.36. The lowest BCUT2D eigenvalue weighted by Gasteiger charge is -2.20. The summed E-state index contributed by atoms with van der Waals surface area (Å²) in [6, 6.07) is 18.3. The van der Waals surface area contributed by atoms with E-state index in [2.05, 4.69) is 16.7 Å². The number of benzene rings is 2. The molecule has 1 fully saturated rings. The topological polar surface area (TPSA) is 50.4 Å². The number of carbonyl (C=O) groups is 1. The third-order valence-electron chi connectivity index (χ3n) is 4.81. The van der Waals surface area contributed by atoms with Gasteiger partial charge in [-0.1, -0.05) is 68.1 Å². The molecule has 2 aromatic carbocycles. The number of hydrogen-bond acceptors (Lipinski definition) is 4. The first kappa shape index (κ1) is 18.3. The predicted octanol–water partition coefficient (Wildman–Crippen LogP) is 4.98. The molecule has 26 heavy (non-hydrogen) atoms. The van der Waals surface area contributed by atoms with Gasteiger partial charge in [0.2, 0.25) is 0 Å². The number of nitrogens with one attached hydrogen (secondary N) is 2. The minimum Gasteiger partial charge on any atom is -0.460 e. The zero-order chi connectivity index (χ0) is 18.0. The van der Waals surface area contributed by atoms with Gasteiger partial charge >= 0.3 is 5.97 Å². The zero-order valence-electron chi connectivity index (χ0n) is 15.2. The van der Waals surface area contributed by atoms with E-state index >= 15 is 0 Å². The molecular formula is C22H28N2O2. The molecule has 3 rings (SSSR count). The van der Waals surface area contributed by atoms with Gasteiger partial charge in [-0.05, 0) is 30.5 Å². The van der Waals surface area contributed by atoms with E-state index in [4.69, 9.17) is 4.74 Å². The van der Waals surface area contributed by atoms with Gasteiger partial charge in [-0.2, -0.15) is 0 Å². The van der Waals surface area contributed by atoms with Gasteiger partial charge in [0.05, 0.1) is 11.4 Å². The van der Waals surface area contributed by atoms with Crippen molar-refractivity contribution in [1.82, 2.24) is 0 Å². The highest BCUT2D eigenvalue weighted by atomic mass is 16.5. The van der Waals surface area contributed by atoms with Crippen molar-refractivity contribution in [3.63, 3.8) is 0 Å². The van der Waals surface area contributed by atoms with Gasteiger partial charge in [-0.15, -0.1) is 0 Å². The number of esters is 1. The molecule has 0 aromatic heterocycles. The van der Waals surface area contributed by atoms with Gasteiger partial charge in [-0.3, -0.25) is 4.79 Å². The molecule has 2 aromatic rings. The summed E-state index contributed by atoms with van der Waals surface area (Å²) >= 11 is 0. The summed E-state index contributed by atoms with van der Waals surface area (Å²) in [6.45, 7) is 0.472. The van der Waals surface area contributed by atoms with Crippen LogP contribution >= 0.6 is 0 Å². The molecule has 138 valence electrons. The second kappa shape index (κ2) is 9.85. The van der Waals surface area contributed by atoms with Crippen LogP contribution in [0.1, 0.15) is 44.1 Å². The Morgan fingerprint density at radius 2 is 1.54 bits per heavy atom. The molecule has 0 unspecified atom stereocenters. The lowest BCUT2D eigenvalue weighted by atomic mass is 10.1. The van der Waals surface area contributed by atoms with Crippen molar-refractivity contribution in [2.45, 2.75) is 51.2 Å². The molecular weight excluding hydrogens is 324 g/mol. The van der Waals surface area contributed by atoms with Crippen molar-refractivity contribution < 1.29 is 9.53 Å². The first-order valence-electron chi connectivity index (χ1n) is 9.60. The molecule has 0 aliphatic heterocycles. The summed E-state index contributed by atoms with van der Waals surface area (Å²) in [6.07, 6.45) is 7.69. The minimum atomic E-state index is -0.252. The van der Waals surface area contributed by atoms with Crippen LogP contribution in [0.3, 0.4) is 0 Å². The summed E-state index contributed by atoms with van der Waals surface area (Å²) < 4.78 is 5.33. The Morgan fingerprint density at radius 1 is 0.885 bits per heavy atom. The Kier molecular flexibility index (Phi) is 6.94. The molecule has 4 heteroatoms. The fourth-order valence-electron chi connectivity index (χ4n) is 3.36. The Balaban J connectivity index is 1.50. The van der Waals surface area contributed by atoms with Crippen molar-refractivity contribution in [3.05, 3.63) is 60.2 Å². The second-order valence-corrected chi connectivity index (χ2v) is 6.88. The highest BCUT2D eigenvalue weighted by Crippen LogP contribution is 2.26. The molecule has 0 atom stereocenters. The van der Waals surface area contributed by atoms with Crippen LogP contribution in [0.5, 0.6) is 0 Å². The summed E-state index contributed by atoms with van der Waals surface area (Å²) in [4.78, 5) is 12.0. The first-order chi connectivity index (χ1) is 12.8. The van der Waals surface area contributed by atoms with E-state index in [-0.39, 0.29) is 12.5 Å². The first-order valence-corrected chi connectivity index (χ1v) is 9.60. The zero-order valence-corrected chi connectivity index (χ0v) is 15.2. The van der Waals surface area contributed by atoms with Gasteiger partial charge in [0.15, 0.2) is 0 Å². The normalized spacial score (nSPS) is 15.1. The number of rotatable bonds is 7. The summed E-state index contributed by atoms with van der Waals surface area (Å²) in [5.74, 6) is -0.252. The molecule has 0 heterocycles. The van der Waals surface area contributed by atoms with Crippen molar-refractivity contribution in [1.29, 1.82) is 0 Å². The van der Waals surface area contributed by atoms with Gasteiger partial charge < -0.3 is 15.4 Å². The summed E-state index contributed by atoms with van der Waals surface area (Å²) in [7, 11) is 0. The van der Waals surface area contributed by atoms with E-state index in [1.54, 1.807) is 0 Å². The summed E-state index contributed by atoms with van der Waals surface area (Å²) in [5, 5.41) is 6.87. The van der Waals surface area contributed by atoms with E-state index < -0.39 is 0 Å². The second-order valence-electron chi connectivity index (χ2n) is 6.88. The van der Waals surface area contributed by atoms with Gasteiger partial charge in [-0.25, -0.2) is 0 Å². The highest BCUT2D eigenvalue weighted by molar-refractivity contribution is 5.78. The number of anilines is 2. The van der Waals surface area contributed by atoms with Crippen LogP contribution < -0.4 is 10.6 Å². The maximum absolute atomic E-state index is 12.0. The van der Waals surface area contributed by atoms with Crippen LogP contribution in [0.15, 0.2) is 54.6 Å². The molecule has 0 bridgehead atoms. The van der Waals surface area contributed by atoms with Crippen molar-refractivity contribution in [2.75, 3.05) is 17.2 Å². The average Bonchev–Trinajstić information content (AvgIpc) is 2.95. The lowest BCUT2D eigenvalue weighted by Crippen LogP contribution is -2.21. The van der Waals surface area contributed by atoms with Crippen LogP contribution in [-0.2, 0) is 16.1 Å². The smallest absolute Gasteiger partial charge is 0.325 e. The van der Waals surface area contributed by atoms with E-state index in [0.29, 0.717) is 12.6 Å². The molecule has 0 saturated heterocycles. The lowest BCUT2D eigenvalue weighted by molar-refractivity contribution is -0.142. The molecule has 4 nitrogen and oxygen atoms in total. The van der Waals surface area contributed by atoms with Crippen LogP contribution in [0.4, 0.5) is 11.4 Å². The van der Waals surface area contributed by atoms with Crippen molar-refractivity contribution >= 4 is 17.3 Å². The standard InChI is InChI=1S/C22H28N2O2/c25-22(26-17-18-10-4-3-5-11-18)16-23-20-14-8-9-15-21(20)24-19-12-6-1-2-7-13-19/h3-5,8-11,14-15,19,23-24H,1-2,6-7,12-13,16-17H2. The number of ether oxygens (including phenoxy) is 1. The van der Waals surface area contributed by atoms with Gasteiger partial charge in [0, 0.05) is 6.04 Å². The Bertz CT molecular complexity index is 680. The maximum Gasteiger partial charge on any atom is 0.325 e. The van der Waals surface area contributed by atoms with Crippen molar-refractivity contribution in [3.8, 4) is 0 Å². The van der Waals surface area contributed by atoms with Gasteiger partial charge in [0.1, 0.15) is 13.2 Å². The van der Waals surface area contributed by atoms with E-state index in [1.165, 1.54) is 38.5 Å². The largest absolute Gasteiger partial charge is 0.460 e. The van der Waals surface area contributed by atoms with Crippen LogP contribution in [-0.4, -0.2) is 18.6 Å². The molecule has 0 radical (unpaired) electrons. The van der Waals surface area contributed by atoms with Gasteiger partial charge in [0.25, 0.3) is 0 Å². The monoisotopic (exact) mass is 352 g/mol. The Morgan fingerprint density at radius 3 is 2.27 bits per heavy atom. The van der Waals surface area contributed by atoms with Crippen LogP contribution in [0, 0.1) is 0 Å². The number of para-hydroxylation sites is 2. The van der Waals surface area contributed by atoms with E-state index in [0.717, 1.165) is 16.9 Å². The number of hydrogen-bond donors (Lipinski definition) is 2. The maximum atomic E-state index is 12.0. The molecule has 2 N–H and O–H groups in total. The number of carbonyl (C=O) groups excluding carboxylic acids is 1. The highest BCUT2D eigenvalue weighted by Gasteiger charge is 2.14. The summed E-state index contributed by atoms with van der Waals surface area (Å²) in [5.41, 5.74) is 3.01. The average molecular weight is 352 g/mol. The molecule has 0 amide bonds. The van der Waals surface area contributed by atoms with Crippen LogP contribution in [0.2, 0.25) is 0 Å². The molecule has 0 spiro atoms. The Labute approximate surface area is 156 Å². The minimum absolute atomic E-state index is 0.163. The van der Waals surface area contributed by atoms with E-state index in [9.17, 15) is 4.79 Å². The third kappa shape index (κ3) is 5.80. The SMILES string of the molecule is O=C(CNc1ccccc1NC1CCCCCC1)OCc1ccccc1. The van der Waals surface area contributed by atoms with E-state index in [1.807, 2.05) is 48.5 Å². The van der Waals surface area contributed by atoms with Crippen LogP contribution in [0.25, 0.3) is 0 Å². The third-order valence-corrected chi connectivity index (χ3v) is 4.81.